The zero-order valence-corrected chi connectivity index (χ0v) is 17.2. The highest BCUT2D eigenvalue weighted by molar-refractivity contribution is 5.79. The van der Waals surface area contributed by atoms with Crippen LogP contribution >= 0.6 is 0 Å². The van der Waals surface area contributed by atoms with Gasteiger partial charge in [-0.3, -0.25) is 9.59 Å². The third-order valence-electron chi connectivity index (χ3n) is 6.75. The van der Waals surface area contributed by atoms with Crippen molar-refractivity contribution in [3.05, 3.63) is 29.8 Å². The number of ether oxygens (including phenoxy) is 1. The van der Waals surface area contributed by atoms with Gasteiger partial charge >= 0.3 is 0 Å². The molecule has 0 radical (unpaired) electrons. The van der Waals surface area contributed by atoms with Crippen molar-refractivity contribution < 1.29 is 14.3 Å². The van der Waals surface area contributed by atoms with Crippen LogP contribution < -0.4 is 15.5 Å². The molecule has 4 rings (SSSR count). The van der Waals surface area contributed by atoms with Gasteiger partial charge in [0.15, 0.2) is 0 Å². The summed E-state index contributed by atoms with van der Waals surface area (Å²) in [5.74, 6) is 0.969. The van der Waals surface area contributed by atoms with Gasteiger partial charge in [0.05, 0.1) is 12.5 Å². The predicted molar refractivity (Wildman–Crippen MR) is 113 cm³/mol. The van der Waals surface area contributed by atoms with Crippen molar-refractivity contribution in [3.63, 3.8) is 0 Å². The van der Waals surface area contributed by atoms with Crippen LogP contribution in [0.5, 0.6) is 0 Å². The number of rotatable bonds is 7. The van der Waals surface area contributed by atoms with E-state index in [4.69, 9.17) is 4.74 Å². The topological polar surface area (TPSA) is 70.7 Å². The summed E-state index contributed by atoms with van der Waals surface area (Å²) in [6.45, 7) is 4.60. The summed E-state index contributed by atoms with van der Waals surface area (Å²) in [5, 5.41) is 6.24. The highest BCUT2D eigenvalue weighted by atomic mass is 16.5. The Morgan fingerprint density at radius 1 is 1.00 bits per heavy atom. The zero-order valence-electron chi connectivity index (χ0n) is 17.2. The quantitative estimate of drug-likeness (QED) is 0.737. The second-order valence-corrected chi connectivity index (χ2v) is 8.68. The molecule has 1 aliphatic carbocycles. The van der Waals surface area contributed by atoms with E-state index < -0.39 is 0 Å². The van der Waals surface area contributed by atoms with Crippen molar-refractivity contribution >= 4 is 17.5 Å². The lowest BCUT2D eigenvalue weighted by Crippen LogP contribution is -2.40. The first-order valence-corrected chi connectivity index (χ1v) is 11.2. The highest BCUT2D eigenvalue weighted by Crippen LogP contribution is 2.29. The predicted octanol–water partition coefficient (Wildman–Crippen LogP) is 2.12. The van der Waals surface area contributed by atoms with E-state index in [-0.39, 0.29) is 23.7 Å². The molecule has 0 aromatic heterocycles. The number of nitrogens with zero attached hydrogens (tertiary/aromatic N) is 1. The summed E-state index contributed by atoms with van der Waals surface area (Å²) in [6.07, 6.45) is 5.80. The maximum absolute atomic E-state index is 12.6. The van der Waals surface area contributed by atoms with Crippen molar-refractivity contribution in [2.75, 3.05) is 44.3 Å². The number of fused-ring (bicyclic) bond motifs is 1. The third-order valence-corrected chi connectivity index (χ3v) is 6.75. The molecule has 2 amide bonds. The van der Waals surface area contributed by atoms with E-state index in [1.807, 2.05) is 0 Å². The molecule has 0 bridgehead atoms. The molecule has 6 heteroatoms. The van der Waals surface area contributed by atoms with Crippen molar-refractivity contribution in [1.29, 1.82) is 0 Å². The molecule has 1 saturated heterocycles. The number of para-hydroxylation sites is 1. The van der Waals surface area contributed by atoms with Gasteiger partial charge in [0.1, 0.15) is 0 Å². The van der Waals surface area contributed by atoms with E-state index in [9.17, 15) is 9.59 Å². The van der Waals surface area contributed by atoms with Gasteiger partial charge in [-0.05, 0) is 56.1 Å². The fraction of sp³-hybridized carbons (Fsp3) is 0.652. The van der Waals surface area contributed by atoms with Gasteiger partial charge in [0, 0.05) is 44.4 Å². The smallest absolute Gasteiger partial charge is 0.225 e. The van der Waals surface area contributed by atoms with Crippen LogP contribution in [0.1, 0.15) is 37.7 Å². The van der Waals surface area contributed by atoms with Gasteiger partial charge in [-0.1, -0.05) is 18.2 Å². The Morgan fingerprint density at radius 2 is 1.79 bits per heavy atom. The number of nitrogens with one attached hydrogen (secondary N) is 2. The van der Waals surface area contributed by atoms with E-state index >= 15 is 0 Å². The number of carbonyl (C=O) groups excluding carboxylic acids is 2. The zero-order chi connectivity index (χ0) is 20.1. The van der Waals surface area contributed by atoms with Crippen molar-refractivity contribution in [2.24, 2.45) is 17.8 Å². The first-order chi connectivity index (χ1) is 14.2. The second kappa shape index (κ2) is 9.61. The van der Waals surface area contributed by atoms with Gasteiger partial charge in [-0.15, -0.1) is 0 Å². The van der Waals surface area contributed by atoms with E-state index in [1.54, 1.807) is 0 Å². The summed E-state index contributed by atoms with van der Waals surface area (Å²) >= 11 is 0. The fourth-order valence-corrected chi connectivity index (χ4v) is 4.86. The van der Waals surface area contributed by atoms with Crippen LogP contribution in [0, 0.1) is 17.8 Å². The lowest BCUT2D eigenvalue weighted by Gasteiger charge is -2.28. The lowest BCUT2D eigenvalue weighted by atomic mass is 9.81. The summed E-state index contributed by atoms with van der Waals surface area (Å²) < 4.78 is 5.28. The largest absolute Gasteiger partial charge is 0.381 e. The van der Waals surface area contributed by atoms with E-state index in [0.717, 1.165) is 58.2 Å². The normalized spacial score (nSPS) is 26.2. The Labute approximate surface area is 173 Å². The lowest BCUT2D eigenvalue weighted by molar-refractivity contribution is -0.127. The molecule has 1 aromatic carbocycles. The van der Waals surface area contributed by atoms with E-state index in [2.05, 4.69) is 39.8 Å². The number of amides is 2. The molecule has 2 N–H and O–H groups in total. The molecule has 6 nitrogen and oxygen atoms in total. The first kappa shape index (κ1) is 20.2. The highest BCUT2D eigenvalue weighted by Gasteiger charge is 2.28. The van der Waals surface area contributed by atoms with Crippen LogP contribution in [0.3, 0.4) is 0 Å². The number of carbonyl (C=O) groups is 2. The van der Waals surface area contributed by atoms with Crippen LogP contribution in [0.25, 0.3) is 0 Å². The van der Waals surface area contributed by atoms with Gasteiger partial charge < -0.3 is 20.3 Å². The maximum atomic E-state index is 12.6. The molecule has 3 aliphatic rings. The van der Waals surface area contributed by atoms with Crippen LogP contribution in [-0.2, 0) is 20.7 Å². The molecule has 0 spiro atoms. The van der Waals surface area contributed by atoms with Gasteiger partial charge in [-0.2, -0.15) is 0 Å². The Bertz CT molecular complexity index is 709. The monoisotopic (exact) mass is 399 g/mol. The second-order valence-electron chi connectivity index (χ2n) is 8.68. The van der Waals surface area contributed by atoms with Crippen LogP contribution in [0.2, 0.25) is 0 Å². The fourth-order valence-electron chi connectivity index (χ4n) is 4.86. The Kier molecular flexibility index (Phi) is 6.70. The van der Waals surface area contributed by atoms with Crippen molar-refractivity contribution in [2.45, 2.75) is 38.5 Å². The number of anilines is 1. The minimum absolute atomic E-state index is 0.0275. The molecule has 2 heterocycles. The molecule has 29 heavy (non-hydrogen) atoms. The van der Waals surface area contributed by atoms with Gasteiger partial charge in [0.2, 0.25) is 11.8 Å². The molecule has 1 aromatic rings. The molecule has 1 atom stereocenters. The van der Waals surface area contributed by atoms with Crippen LogP contribution in [-0.4, -0.2) is 51.2 Å². The van der Waals surface area contributed by atoms with E-state index in [1.165, 1.54) is 11.3 Å². The number of hydrogen-bond acceptors (Lipinski definition) is 4. The SMILES string of the molecule is O=C(NCCN1CCc2ccccc21)C1CCC(CNC(=O)[C@H]2CCOC2)CC1. The molecule has 2 aliphatic heterocycles. The summed E-state index contributed by atoms with van der Waals surface area (Å²) in [7, 11) is 0. The van der Waals surface area contributed by atoms with Crippen LogP contribution in [0.4, 0.5) is 5.69 Å². The average molecular weight is 400 g/mol. The molecule has 0 unspecified atom stereocenters. The average Bonchev–Trinajstić information content (AvgIpc) is 3.43. The Balaban J connectivity index is 1.12. The van der Waals surface area contributed by atoms with Gasteiger partial charge in [0.25, 0.3) is 0 Å². The summed E-state index contributed by atoms with van der Waals surface area (Å²) in [6, 6.07) is 8.54. The van der Waals surface area contributed by atoms with Gasteiger partial charge in [-0.25, -0.2) is 0 Å². The minimum atomic E-state index is 0.0275. The summed E-state index contributed by atoms with van der Waals surface area (Å²) in [4.78, 5) is 27.0. The Hall–Kier alpha value is -2.08. The molecule has 2 fully saturated rings. The molecular formula is C23H33N3O3. The molecule has 158 valence electrons. The molecular weight excluding hydrogens is 366 g/mol. The number of benzene rings is 1. The van der Waals surface area contributed by atoms with Crippen LogP contribution in [0.15, 0.2) is 24.3 Å². The maximum Gasteiger partial charge on any atom is 0.225 e. The summed E-state index contributed by atoms with van der Waals surface area (Å²) in [5.41, 5.74) is 2.72. The first-order valence-electron chi connectivity index (χ1n) is 11.2. The van der Waals surface area contributed by atoms with Crippen molar-refractivity contribution in [3.8, 4) is 0 Å². The minimum Gasteiger partial charge on any atom is -0.381 e. The number of hydrogen-bond donors (Lipinski definition) is 2. The van der Waals surface area contributed by atoms with E-state index in [0.29, 0.717) is 25.7 Å². The Morgan fingerprint density at radius 3 is 2.59 bits per heavy atom. The van der Waals surface area contributed by atoms with Crippen molar-refractivity contribution in [1.82, 2.24) is 10.6 Å². The standard InChI is InChI=1S/C23H33N3O3/c27-22(24-11-13-26-12-9-18-3-1-2-4-21(18)26)19-7-5-17(6-8-19)15-25-23(28)20-10-14-29-16-20/h1-4,17,19-20H,5-16H2,(H,24,27)(H,25,28)/t17?,19?,20-/m0/s1. The molecule has 1 saturated carbocycles. The third kappa shape index (κ3) is 5.10.